The maximum absolute atomic E-state index is 12.7. The lowest BCUT2D eigenvalue weighted by Crippen LogP contribution is -2.20. The second kappa shape index (κ2) is 7.09. The van der Waals surface area contributed by atoms with E-state index in [2.05, 4.69) is 10.5 Å². The summed E-state index contributed by atoms with van der Waals surface area (Å²) in [6.45, 7) is 0. The van der Waals surface area contributed by atoms with Gasteiger partial charge in [-0.2, -0.15) is 5.10 Å². The monoisotopic (exact) mass is 301 g/mol. The van der Waals surface area contributed by atoms with Crippen molar-refractivity contribution >= 4 is 18.0 Å². The summed E-state index contributed by atoms with van der Waals surface area (Å²) in [5, 5.41) is 12.2. The molecule has 7 heteroatoms. The van der Waals surface area contributed by atoms with Crippen molar-refractivity contribution in [3.8, 4) is 0 Å². The Morgan fingerprint density at radius 3 is 2.05 bits per heavy atom. The first kappa shape index (κ1) is 15.3. The molecule has 0 saturated heterocycles. The highest BCUT2D eigenvalue weighted by Gasteiger charge is 2.07. The zero-order chi connectivity index (χ0) is 15.9. The molecule has 2 aromatic rings. The van der Waals surface area contributed by atoms with Crippen molar-refractivity contribution < 1.29 is 19.2 Å². The fourth-order valence-electron chi connectivity index (χ4n) is 1.62. The summed E-state index contributed by atoms with van der Waals surface area (Å²) in [6.07, 6.45) is 1.38. The van der Waals surface area contributed by atoms with Gasteiger partial charge in [0.15, 0.2) is 0 Å². The van der Waals surface area contributed by atoms with Gasteiger partial charge in [-0.25, -0.2) is 15.3 Å². The fraction of sp³-hybridized carbons (Fsp3) is 0. The largest absolute Gasteiger partial charge is 0.288 e. The van der Waals surface area contributed by atoms with E-state index in [4.69, 9.17) is 5.21 Å². The van der Waals surface area contributed by atoms with E-state index >= 15 is 0 Å². The molecule has 2 aromatic carbocycles. The molecule has 0 saturated carbocycles. The minimum absolute atomic E-state index is 0.217. The predicted molar refractivity (Wildman–Crippen MR) is 77.2 cm³/mol. The van der Waals surface area contributed by atoms with Crippen LogP contribution in [0.1, 0.15) is 26.3 Å². The average Bonchev–Trinajstić information content (AvgIpc) is 2.56. The van der Waals surface area contributed by atoms with Gasteiger partial charge in [-0.05, 0) is 42.0 Å². The number of rotatable bonds is 4. The van der Waals surface area contributed by atoms with Crippen molar-refractivity contribution in [2.24, 2.45) is 5.10 Å². The highest BCUT2D eigenvalue weighted by Crippen LogP contribution is 2.04. The molecule has 6 nitrogen and oxygen atoms in total. The third kappa shape index (κ3) is 3.97. The minimum Gasteiger partial charge on any atom is -0.288 e. The second-order valence-electron chi connectivity index (χ2n) is 4.27. The van der Waals surface area contributed by atoms with Crippen LogP contribution in [-0.4, -0.2) is 23.2 Å². The van der Waals surface area contributed by atoms with Crippen LogP contribution in [0.25, 0.3) is 0 Å². The lowest BCUT2D eigenvalue weighted by molar-refractivity contribution is 0.0706. The first-order valence-electron chi connectivity index (χ1n) is 6.23. The molecule has 0 aromatic heterocycles. The van der Waals surface area contributed by atoms with Crippen LogP contribution in [0, 0.1) is 5.82 Å². The number of carbonyl (C=O) groups is 2. The Hall–Kier alpha value is -3.06. The molecule has 0 aliphatic heterocycles. The third-order valence-corrected chi connectivity index (χ3v) is 2.76. The van der Waals surface area contributed by atoms with Crippen LogP contribution in [0.15, 0.2) is 53.6 Å². The van der Waals surface area contributed by atoms with Crippen LogP contribution in [0.4, 0.5) is 4.39 Å². The highest BCUT2D eigenvalue weighted by molar-refractivity contribution is 5.97. The number of benzene rings is 2. The third-order valence-electron chi connectivity index (χ3n) is 2.76. The van der Waals surface area contributed by atoms with Crippen LogP contribution >= 0.6 is 0 Å². The van der Waals surface area contributed by atoms with E-state index in [9.17, 15) is 14.0 Å². The van der Waals surface area contributed by atoms with E-state index in [-0.39, 0.29) is 11.4 Å². The van der Waals surface area contributed by atoms with E-state index in [0.717, 1.165) is 0 Å². The molecule has 0 spiro atoms. The van der Waals surface area contributed by atoms with Gasteiger partial charge in [-0.3, -0.25) is 14.8 Å². The van der Waals surface area contributed by atoms with Crippen molar-refractivity contribution in [3.63, 3.8) is 0 Å². The predicted octanol–water partition coefficient (Wildman–Crippen LogP) is 1.71. The molecule has 0 radical (unpaired) electrons. The Morgan fingerprint density at radius 1 is 0.955 bits per heavy atom. The topological polar surface area (TPSA) is 90.8 Å². The summed E-state index contributed by atoms with van der Waals surface area (Å²) in [5.74, 6) is -1.48. The van der Waals surface area contributed by atoms with Crippen molar-refractivity contribution in [1.29, 1.82) is 0 Å². The molecule has 2 amide bonds. The lowest BCUT2D eigenvalue weighted by Gasteiger charge is -2.02. The molecule has 0 aliphatic rings. The first-order valence-corrected chi connectivity index (χ1v) is 6.23. The number of hydroxylamine groups is 1. The number of hydrazone groups is 1. The Morgan fingerprint density at radius 2 is 1.50 bits per heavy atom. The molecule has 3 N–H and O–H groups in total. The van der Waals surface area contributed by atoms with E-state index in [1.54, 1.807) is 0 Å². The lowest BCUT2D eigenvalue weighted by atomic mass is 10.1. The summed E-state index contributed by atoms with van der Waals surface area (Å²) in [7, 11) is 0. The van der Waals surface area contributed by atoms with Gasteiger partial charge in [0.1, 0.15) is 5.82 Å². The molecule has 0 bridgehead atoms. The Labute approximate surface area is 125 Å². The summed E-state index contributed by atoms with van der Waals surface area (Å²) in [4.78, 5) is 22.9. The molecule has 0 fully saturated rings. The van der Waals surface area contributed by atoms with Crippen molar-refractivity contribution in [1.82, 2.24) is 10.9 Å². The maximum Gasteiger partial charge on any atom is 0.274 e. The van der Waals surface area contributed by atoms with Gasteiger partial charge < -0.3 is 0 Å². The van der Waals surface area contributed by atoms with Crippen molar-refractivity contribution in [2.75, 3.05) is 0 Å². The van der Waals surface area contributed by atoms with Gasteiger partial charge >= 0.3 is 0 Å². The first-order chi connectivity index (χ1) is 10.6. The zero-order valence-corrected chi connectivity index (χ0v) is 11.3. The van der Waals surface area contributed by atoms with Crippen molar-refractivity contribution in [3.05, 3.63) is 71.0 Å². The molecule has 22 heavy (non-hydrogen) atoms. The summed E-state index contributed by atoms with van der Waals surface area (Å²) in [5.41, 5.74) is 4.96. The zero-order valence-electron chi connectivity index (χ0n) is 11.3. The fourth-order valence-corrected chi connectivity index (χ4v) is 1.62. The number of nitrogens with one attached hydrogen (secondary N) is 2. The minimum atomic E-state index is -0.665. The van der Waals surface area contributed by atoms with Gasteiger partial charge in [0.05, 0.1) is 6.21 Å². The number of hydrogen-bond donors (Lipinski definition) is 3. The summed E-state index contributed by atoms with van der Waals surface area (Å²) >= 11 is 0. The van der Waals surface area contributed by atoms with Crippen LogP contribution in [0.3, 0.4) is 0 Å². The average molecular weight is 301 g/mol. The number of hydrogen-bond acceptors (Lipinski definition) is 4. The van der Waals surface area contributed by atoms with Gasteiger partial charge in [-0.15, -0.1) is 0 Å². The Kier molecular flexibility index (Phi) is 4.94. The van der Waals surface area contributed by atoms with Gasteiger partial charge in [0.25, 0.3) is 11.8 Å². The van der Waals surface area contributed by atoms with E-state index in [1.807, 2.05) is 0 Å². The number of nitrogens with zero attached hydrogens (tertiary/aromatic N) is 1. The molecular formula is C15H12FN3O3. The molecule has 0 atom stereocenters. The standard InChI is InChI=1S/C15H12FN3O3/c16-13-7-1-10(2-8-13)9-17-18-14(20)11-3-5-12(6-4-11)15(21)19-22/h1-9,22H,(H,18,20)(H,19,21). The Bertz CT molecular complexity index is 697. The molecule has 0 heterocycles. The number of carbonyl (C=O) groups excluding carboxylic acids is 2. The molecule has 0 unspecified atom stereocenters. The smallest absolute Gasteiger partial charge is 0.274 e. The van der Waals surface area contributed by atoms with E-state index < -0.39 is 11.8 Å². The van der Waals surface area contributed by atoms with Crippen LogP contribution in [0.2, 0.25) is 0 Å². The van der Waals surface area contributed by atoms with Crippen LogP contribution < -0.4 is 10.9 Å². The van der Waals surface area contributed by atoms with Crippen molar-refractivity contribution in [2.45, 2.75) is 0 Å². The van der Waals surface area contributed by atoms with E-state index in [1.165, 1.54) is 60.2 Å². The SMILES string of the molecule is O=C(NO)c1ccc(C(=O)NN=Cc2ccc(F)cc2)cc1. The number of halogens is 1. The van der Waals surface area contributed by atoms with Gasteiger partial charge in [0.2, 0.25) is 0 Å². The normalized spacial score (nSPS) is 10.5. The second-order valence-corrected chi connectivity index (χ2v) is 4.27. The highest BCUT2D eigenvalue weighted by atomic mass is 19.1. The molecule has 112 valence electrons. The Balaban J connectivity index is 1.97. The van der Waals surface area contributed by atoms with E-state index in [0.29, 0.717) is 11.1 Å². The van der Waals surface area contributed by atoms with Gasteiger partial charge in [-0.1, -0.05) is 12.1 Å². The maximum atomic E-state index is 12.7. The molecule has 2 rings (SSSR count). The molecular weight excluding hydrogens is 289 g/mol. The van der Waals surface area contributed by atoms with Gasteiger partial charge in [0, 0.05) is 11.1 Å². The van der Waals surface area contributed by atoms with Crippen LogP contribution in [0.5, 0.6) is 0 Å². The quantitative estimate of drug-likeness (QED) is 0.456. The number of amides is 2. The molecule has 0 aliphatic carbocycles. The summed E-state index contributed by atoms with van der Waals surface area (Å²) in [6, 6.07) is 11.2. The van der Waals surface area contributed by atoms with Crippen LogP contribution in [-0.2, 0) is 0 Å². The summed E-state index contributed by atoms with van der Waals surface area (Å²) < 4.78 is 12.7.